The maximum absolute atomic E-state index is 12.7. The molecule has 2 aromatic carbocycles. The van der Waals surface area contributed by atoms with E-state index in [2.05, 4.69) is 20.9 Å². The molecule has 0 aliphatic carbocycles. The third-order valence-corrected chi connectivity index (χ3v) is 4.01. The van der Waals surface area contributed by atoms with Crippen molar-refractivity contribution in [3.8, 4) is 0 Å². The summed E-state index contributed by atoms with van der Waals surface area (Å²) in [6, 6.07) is 11.3. The van der Waals surface area contributed by atoms with Crippen molar-refractivity contribution in [3.63, 3.8) is 0 Å². The van der Waals surface area contributed by atoms with E-state index < -0.39 is 0 Å². The molecule has 0 saturated carbocycles. The Kier molecular flexibility index (Phi) is 3.10. The Morgan fingerprint density at radius 1 is 1.15 bits per heavy atom. The van der Waals surface area contributed by atoms with Crippen molar-refractivity contribution < 1.29 is 4.79 Å². The van der Waals surface area contributed by atoms with Crippen molar-refractivity contribution in [1.29, 1.82) is 0 Å². The second-order valence-corrected chi connectivity index (χ2v) is 5.67. The fourth-order valence-electron chi connectivity index (χ4n) is 2.28. The van der Waals surface area contributed by atoms with Gasteiger partial charge >= 0.3 is 0 Å². The number of halogens is 1. The van der Waals surface area contributed by atoms with Crippen molar-refractivity contribution >= 4 is 38.3 Å². The van der Waals surface area contributed by atoms with E-state index in [0.29, 0.717) is 16.8 Å². The van der Waals surface area contributed by atoms with E-state index in [1.807, 2.05) is 25.1 Å². The average molecular weight is 329 g/mol. The van der Waals surface area contributed by atoms with Gasteiger partial charge in [0.1, 0.15) is 0 Å². The van der Waals surface area contributed by atoms with Gasteiger partial charge in [0, 0.05) is 38.4 Å². The van der Waals surface area contributed by atoms with Gasteiger partial charge in [-0.3, -0.25) is 4.79 Å². The second-order valence-electron chi connectivity index (χ2n) is 4.82. The number of rotatable bonds is 2. The van der Waals surface area contributed by atoms with Crippen LogP contribution < -0.4 is 5.73 Å². The molecule has 0 unspecified atom stereocenters. The van der Waals surface area contributed by atoms with Gasteiger partial charge in [-0.15, -0.1) is 0 Å². The molecule has 0 aliphatic rings. The molecule has 100 valence electrons. The van der Waals surface area contributed by atoms with Crippen LogP contribution in [0.25, 0.3) is 10.9 Å². The fourth-order valence-corrected chi connectivity index (χ4v) is 2.71. The van der Waals surface area contributed by atoms with E-state index in [1.54, 1.807) is 24.4 Å². The lowest BCUT2D eigenvalue weighted by molar-refractivity contribution is 0.103. The standard InChI is InChI=1S/C16H13BrN2O/c1-9-2-5-15-11(6-9)13(8-19-15)16(20)12-7-10(18)3-4-14(12)17/h2-8,19H,18H2,1H3. The molecule has 0 fully saturated rings. The Morgan fingerprint density at radius 3 is 2.75 bits per heavy atom. The van der Waals surface area contributed by atoms with Gasteiger partial charge < -0.3 is 10.7 Å². The van der Waals surface area contributed by atoms with Crippen molar-refractivity contribution in [2.24, 2.45) is 0 Å². The van der Waals surface area contributed by atoms with Crippen LogP contribution in [0.5, 0.6) is 0 Å². The molecule has 20 heavy (non-hydrogen) atoms. The number of hydrogen-bond acceptors (Lipinski definition) is 2. The fraction of sp³-hybridized carbons (Fsp3) is 0.0625. The average Bonchev–Trinajstić information content (AvgIpc) is 2.83. The predicted molar refractivity (Wildman–Crippen MR) is 85.0 cm³/mol. The number of hydrogen-bond donors (Lipinski definition) is 2. The summed E-state index contributed by atoms with van der Waals surface area (Å²) in [6.45, 7) is 2.01. The summed E-state index contributed by atoms with van der Waals surface area (Å²) in [7, 11) is 0. The highest BCUT2D eigenvalue weighted by Crippen LogP contribution is 2.27. The number of carbonyl (C=O) groups excluding carboxylic acids is 1. The molecule has 3 nitrogen and oxygen atoms in total. The minimum absolute atomic E-state index is 0.0407. The molecule has 3 aromatic rings. The minimum atomic E-state index is -0.0407. The van der Waals surface area contributed by atoms with Crippen molar-refractivity contribution in [3.05, 3.63) is 63.8 Å². The van der Waals surface area contributed by atoms with E-state index in [0.717, 1.165) is 20.9 Å². The highest BCUT2D eigenvalue weighted by molar-refractivity contribution is 9.10. The van der Waals surface area contributed by atoms with Crippen molar-refractivity contribution in [2.45, 2.75) is 6.92 Å². The number of carbonyl (C=O) groups is 1. The van der Waals surface area contributed by atoms with E-state index in [-0.39, 0.29) is 5.78 Å². The van der Waals surface area contributed by atoms with Gasteiger partial charge in [0.15, 0.2) is 5.78 Å². The zero-order valence-electron chi connectivity index (χ0n) is 10.9. The van der Waals surface area contributed by atoms with Crippen LogP contribution in [0, 0.1) is 6.92 Å². The first-order valence-electron chi connectivity index (χ1n) is 6.24. The largest absolute Gasteiger partial charge is 0.399 e. The lowest BCUT2D eigenvalue weighted by atomic mass is 10.0. The van der Waals surface area contributed by atoms with Crippen LogP contribution in [-0.2, 0) is 0 Å². The zero-order valence-corrected chi connectivity index (χ0v) is 12.5. The van der Waals surface area contributed by atoms with Gasteiger partial charge in [0.25, 0.3) is 0 Å². The number of aryl methyl sites for hydroxylation is 1. The number of fused-ring (bicyclic) bond motifs is 1. The molecular weight excluding hydrogens is 316 g/mol. The van der Waals surface area contributed by atoms with E-state index in [9.17, 15) is 4.79 Å². The number of anilines is 1. The Balaban J connectivity index is 2.17. The quantitative estimate of drug-likeness (QED) is 0.550. The molecule has 3 rings (SSSR count). The van der Waals surface area contributed by atoms with Crippen LogP contribution in [0.3, 0.4) is 0 Å². The summed E-state index contributed by atoms with van der Waals surface area (Å²) >= 11 is 3.41. The van der Waals surface area contributed by atoms with Gasteiger partial charge in [-0.25, -0.2) is 0 Å². The summed E-state index contributed by atoms with van der Waals surface area (Å²) in [5, 5.41) is 0.935. The smallest absolute Gasteiger partial charge is 0.196 e. The number of aromatic nitrogens is 1. The van der Waals surface area contributed by atoms with Crippen molar-refractivity contribution in [2.75, 3.05) is 5.73 Å². The van der Waals surface area contributed by atoms with Crippen LogP contribution in [0.4, 0.5) is 5.69 Å². The highest BCUT2D eigenvalue weighted by Gasteiger charge is 2.17. The van der Waals surface area contributed by atoms with Gasteiger partial charge in [-0.05, 0) is 37.3 Å². The molecule has 0 spiro atoms. The summed E-state index contributed by atoms with van der Waals surface area (Å²) in [6.07, 6.45) is 1.75. The Hall–Kier alpha value is -2.07. The summed E-state index contributed by atoms with van der Waals surface area (Å²) < 4.78 is 0.749. The Morgan fingerprint density at radius 2 is 1.95 bits per heavy atom. The maximum atomic E-state index is 12.7. The molecule has 0 atom stereocenters. The van der Waals surface area contributed by atoms with Gasteiger partial charge in [0.2, 0.25) is 0 Å². The molecule has 0 amide bonds. The second kappa shape index (κ2) is 4.80. The van der Waals surface area contributed by atoms with E-state index >= 15 is 0 Å². The number of nitrogens with one attached hydrogen (secondary N) is 1. The maximum Gasteiger partial charge on any atom is 0.196 e. The molecule has 0 aliphatic heterocycles. The molecule has 1 aromatic heterocycles. The molecule has 0 saturated heterocycles. The van der Waals surface area contributed by atoms with Gasteiger partial charge in [-0.1, -0.05) is 27.6 Å². The molecule has 0 radical (unpaired) electrons. The van der Waals surface area contributed by atoms with Crippen LogP contribution in [0.1, 0.15) is 21.5 Å². The van der Waals surface area contributed by atoms with E-state index in [4.69, 9.17) is 5.73 Å². The third-order valence-electron chi connectivity index (χ3n) is 3.32. The highest BCUT2D eigenvalue weighted by atomic mass is 79.9. The lowest BCUT2D eigenvalue weighted by Crippen LogP contribution is -2.02. The Labute approximate surface area is 124 Å². The third kappa shape index (κ3) is 2.12. The molecule has 3 N–H and O–H groups in total. The predicted octanol–water partition coefficient (Wildman–Crippen LogP) is 4.05. The van der Waals surface area contributed by atoms with Crippen molar-refractivity contribution in [1.82, 2.24) is 4.98 Å². The van der Waals surface area contributed by atoms with E-state index in [1.165, 1.54) is 0 Å². The summed E-state index contributed by atoms with van der Waals surface area (Å²) in [5.74, 6) is -0.0407. The monoisotopic (exact) mass is 328 g/mol. The zero-order chi connectivity index (χ0) is 14.3. The first-order chi connectivity index (χ1) is 9.56. The van der Waals surface area contributed by atoms with Crippen LogP contribution >= 0.6 is 15.9 Å². The van der Waals surface area contributed by atoms with Gasteiger partial charge in [0.05, 0.1) is 0 Å². The summed E-state index contributed by atoms with van der Waals surface area (Å²) in [4.78, 5) is 15.8. The normalized spacial score (nSPS) is 10.9. The van der Waals surface area contributed by atoms with Crippen LogP contribution in [0.15, 0.2) is 47.1 Å². The lowest BCUT2D eigenvalue weighted by Gasteiger charge is -2.04. The first kappa shape index (κ1) is 12.9. The number of H-pyrrole nitrogens is 1. The van der Waals surface area contributed by atoms with Crippen LogP contribution in [0.2, 0.25) is 0 Å². The SMILES string of the molecule is Cc1ccc2[nH]cc(C(=O)c3cc(N)ccc3Br)c2c1. The number of nitrogen functional groups attached to an aromatic ring is 1. The number of benzene rings is 2. The summed E-state index contributed by atoms with van der Waals surface area (Å²) in [5.41, 5.74) is 9.67. The molecule has 1 heterocycles. The topological polar surface area (TPSA) is 58.9 Å². The first-order valence-corrected chi connectivity index (χ1v) is 7.03. The Bertz CT molecular complexity index is 820. The number of ketones is 1. The minimum Gasteiger partial charge on any atom is -0.399 e. The molecular formula is C16H13BrN2O. The molecule has 4 heteroatoms. The number of aromatic amines is 1. The van der Waals surface area contributed by atoms with Gasteiger partial charge in [-0.2, -0.15) is 0 Å². The number of nitrogens with two attached hydrogens (primary N) is 1. The molecule has 0 bridgehead atoms. The van der Waals surface area contributed by atoms with Crippen LogP contribution in [-0.4, -0.2) is 10.8 Å².